The molecule has 2 rings (SSSR count). The van der Waals surface area contributed by atoms with Gasteiger partial charge >= 0.3 is 5.97 Å². The first-order chi connectivity index (χ1) is 7.16. The average molecular weight is 208 g/mol. The van der Waals surface area contributed by atoms with Crippen molar-refractivity contribution in [3.05, 3.63) is 29.3 Å². The SMILES string of the molecule is O=C(O)CC(O)c1ccc2c(c1)CCO2. The topological polar surface area (TPSA) is 66.8 Å². The zero-order chi connectivity index (χ0) is 10.8. The molecule has 2 N–H and O–H groups in total. The van der Waals surface area contributed by atoms with Gasteiger partial charge in [-0.25, -0.2) is 0 Å². The van der Waals surface area contributed by atoms with Gasteiger partial charge in [0.15, 0.2) is 0 Å². The predicted molar refractivity (Wildman–Crippen MR) is 52.9 cm³/mol. The van der Waals surface area contributed by atoms with E-state index in [1.165, 1.54) is 0 Å². The molecule has 1 unspecified atom stereocenters. The maximum absolute atomic E-state index is 10.4. The number of hydrogen-bond acceptors (Lipinski definition) is 3. The van der Waals surface area contributed by atoms with Crippen LogP contribution >= 0.6 is 0 Å². The number of ether oxygens (including phenoxy) is 1. The highest BCUT2D eigenvalue weighted by Crippen LogP contribution is 2.28. The molecule has 0 fully saturated rings. The van der Waals surface area contributed by atoms with Crippen LogP contribution in [0.5, 0.6) is 5.75 Å². The number of aliphatic hydroxyl groups excluding tert-OH is 1. The Morgan fingerprint density at radius 2 is 2.33 bits per heavy atom. The van der Waals surface area contributed by atoms with E-state index in [-0.39, 0.29) is 6.42 Å². The number of aliphatic carboxylic acids is 1. The molecule has 0 amide bonds. The van der Waals surface area contributed by atoms with Crippen molar-refractivity contribution in [2.45, 2.75) is 18.9 Å². The van der Waals surface area contributed by atoms with Crippen molar-refractivity contribution in [3.63, 3.8) is 0 Å². The summed E-state index contributed by atoms with van der Waals surface area (Å²) in [6, 6.07) is 5.30. The number of benzene rings is 1. The first-order valence-electron chi connectivity index (χ1n) is 4.82. The Kier molecular flexibility index (Phi) is 2.60. The van der Waals surface area contributed by atoms with Crippen LogP contribution in [0.4, 0.5) is 0 Å². The standard InChI is InChI=1S/C11H12O4/c12-9(6-11(13)14)7-1-2-10-8(5-7)3-4-15-10/h1-2,5,9,12H,3-4,6H2,(H,13,14). The molecule has 0 aliphatic carbocycles. The summed E-state index contributed by atoms with van der Waals surface area (Å²) in [7, 11) is 0. The molecule has 4 nitrogen and oxygen atoms in total. The van der Waals surface area contributed by atoms with E-state index in [2.05, 4.69) is 0 Å². The fourth-order valence-electron chi connectivity index (χ4n) is 1.70. The summed E-state index contributed by atoms with van der Waals surface area (Å²) in [6.07, 6.45) is -0.379. The predicted octanol–water partition coefficient (Wildman–Crippen LogP) is 1.13. The lowest BCUT2D eigenvalue weighted by Gasteiger charge is -2.09. The third kappa shape index (κ3) is 2.10. The van der Waals surface area contributed by atoms with Gasteiger partial charge in [-0.2, -0.15) is 0 Å². The van der Waals surface area contributed by atoms with Crippen molar-refractivity contribution < 1.29 is 19.7 Å². The number of carboxylic acids is 1. The lowest BCUT2D eigenvalue weighted by atomic mass is 10.0. The minimum absolute atomic E-state index is 0.264. The van der Waals surface area contributed by atoms with Crippen molar-refractivity contribution in [2.75, 3.05) is 6.61 Å². The van der Waals surface area contributed by atoms with Crippen LogP contribution in [0.15, 0.2) is 18.2 Å². The van der Waals surface area contributed by atoms with Crippen molar-refractivity contribution in [2.24, 2.45) is 0 Å². The highest BCUT2D eigenvalue weighted by atomic mass is 16.5. The Morgan fingerprint density at radius 3 is 3.07 bits per heavy atom. The largest absolute Gasteiger partial charge is 0.493 e. The molecule has 0 radical (unpaired) electrons. The van der Waals surface area contributed by atoms with Crippen molar-refractivity contribution in [1.82, 2.24) is 0 Å². The molecule has 0 bridgehead atoms. The van der Waals surface area contributed by atoms with Crippen LogP contribution in [0.25, 0.3) is 0 Å². The van der Waals surface area contributed by atoms with Crippen LogP contribution in [0, 0.1) is 0 Å². The number of hydrogen-bond donors (Lipinski definition) is 2. The molecule has 4 heteroatoms. The van der Waals surface area contributed by atoms with Gasteiger partial charge in [-0.3, -0.25) is 4.79 Å². The van der Waals surface area contributed by atoms with Crippen LogP contribution in [-0.2, 0) is 11.2 Å². The zero-order valence-corrected chi connectivity index (χ0v) is 8.14. The van der Waals surface area contributed by atoms with Gasteiger partial charge in [0.05, 0.1) is 19.1 Å². The van der Waals surface area contributed by atoms with Crippen molar-refractivity contribution in [1.29, 1.82) is 0 Å². The second-order valence-electron chi connectivity index (χ2n) is 3.58. The van der Waals surface area contributed by atoms with E-state index in [1.807, 2.05) is 6.07 Å². The summed E-state index contributed by atoms with van der Waals surface area (Å²) in [5.74, 6) is -0.166. The minimum atomic E-state index is -1.00. The molecule has 15 heavy (non-hydrogen) atoms. The van der Waals surface area contributed by atoms with Crippen LogP contribution in [0.3, 0.4) is 0 Å². The molecular weight excluding hydrogens is 196 g/mol. The zero-order valence-electron chi connectivity index (χ0n) is 8.14. The molecular formula is C11H12O4. The molecule has 1 aliphatic heterocycles. The van der Waals surface area contributed by atoms with Gasteiger partial charge in [0, 0.05) is 6.42 Å². The Hall–Kier alpha value is -1.55. The number of rotatable bonds is 3. The maximum atomic E-state index is 10.4. The van der Waals surface area contributed by atoms with Crippen molar-refractivity contribution in [3.8, 4) is 5.75 Å². The molecule has 1 aromatic carbocycles. The number of carboxylic acid groups (broad SMARTS) is 1. The van der Waals surface area contributed by atoms with E-state index < -0.39 is 12.1 Å². The molecule has 1 aliphatic rings. The van der Waals surface area contributed by atoms with E-state index >= 15 is 0 Å². The highest BCUT2D eigenvalue weighted by molar-refractivity contribution is 5.67. The quantitative estimate of drug-likeness (QED) is 0.781. The first-order valence-corrected chi connectivity index (χ1v) is 4.82. The lowest BCUT2D eigenvalue weighted by molar-refractivity contribution is -0.139. The fraction of sp³-hybridized carbons (Fsp3) is 0.364. The van der Waals surface area contributed by atoms with Gasteiger partial charge in [0.1, 0.15) is 5.75 Å². The molecule has 1 aromatic rings. The molecule has 0 saturated carbocycles. The van der Waals surface area contributed by atoms with Gasteiger partial charge in [0.25, 0.3) is 0 Å². The Balaban J connectivity index is 2.19. The lowest BCUT2D eigenvalue weighted by Crippen LogP contribution is -2.05. The molecule has 0 saturated heterocycles. The molecule has 80 valence electrons. The molecule has 0 spiro atoms. The molecule has 0 aromatic heterocycles. The van der Waals surface area contributed by atoms with Crippen molar-refractivity contribution >= 4 is 5.97 Å². The van der Waals surface area contributed by atoms with Crippen LogP contribution in [0.2, 0.25) is 0 Å². The van der Waals surface area contributed by atoms with Gasteiger partial charge < -0.3 is 14.9 Å². The fourth-order valence-corrected chi connectivity index (χ4v) is 1.70. The second-order valence-corrected chi connectivity index (χ2v) is 3.58. The average Bonchev–Trinajstić information content (AvgIpc) is 2.62. The monoisotopic (exact) mass is 208 g/mol. The van der Waals surface area contributed by atoms with Gasteiger partial charge in [0.2, 0.25) is 0 Å². The summed E-state index contributed by atoms with van der Waals surface area (Å²) < 4.78 is 5.32. The van der Waals surface area contributed by atoms with E-state index in [0.717, 1.165) is 17.7 Å². The summed E-state index contributed by atoms with van der Waals surface area (Å²) in [5.41, 5.74) is 1.68. The van der Waals surface area contributed by atoms with E-state index in [1.54, 1.807) is 12.1 Å². The third-order valence-electron chi connectivity index (χ3n) is 2.47. The van der Waals surface area contributed by atoms with Gasteiger partial charge in [-0.15, -0.1) is 0 Å². The number of aliphatic hydroxyl groups is 1. The van der Waals surface area contributed by atoms with Crippen LogP contribution < -0.4 is 4.74 Å². The molecule has 1 atom stereocenters. The maximum Gasteiger partial charge on any atom is 0.306 e. The minimum Gasteiger partial charge on any atom is -0.493 e. The highest BCUT2D eigenvalue weighted by Gasteiger charge is 2.17. The van der Waals surface area contributed by atoms with Gasteiger partial charge in [-0.1, -0.05) is 6.07 Å². The number of carbonyl (C=O) groups is 1. The van der Waals surface area contributed by atoms with E-state index in [0.29, 0.717) is 12.2 Å². The van der Waals surface area contributed by atoms with Gasteiger partial charge in [-0.05, 0) is 23.3 Å². The number of fused-ring (bicyclic) bond motifs is 1. The second kappa shape index (κ2) is 3.90. The Morgan fingerprint density at radius 1 is 1.53 bits per heavy atom. The smallest absolute Gasteiger partial charge is 0.306 e. The summed E-state index contributed by atoms with van der Waals surface area (Å²) in [6.45, 7) is 0.661. The summed E-state index contributed by atoms with van der Waals surface area (Å²) in [5, 5.41) is 18.2. The molecule has 1 heterocycles. The Bertz CT molecular complexity index is 386. The summed E-state index contributed by atoms with van der Waals surface area (Å²) >= 11 is 0. The third-order valence-corrected chi connectivity index (χ3v) is 2.47. The summed E-state index contributed by atoms with van der Waals surface area (Å²) in [4.78, 5) is 10.4. The normalized spacial score (nSPS) is 15.5. The Labute approximate surface area is 87.1 Å². The van der Waals surface area contributed by atoms with Crippen LogP contribution in [-0.4, -0.2) is 22.8 Å². The first kappa shape index (κ1) is 9.98. The van der Waals surface area contributed by atoms with Crippen LogP contribution in [0.1, 0.15) is 23.7 Å². The van der Waals surface area contributed by atoms with E-state index in [9.17, 15) is 9.90 Å². The van der Waals surface area contributed by atoms with E-state index in [4.69, 9.17) is 9.84 Å².